The summed E-state index contributed by atoms with van der Waals surface area (Å²) in [5, 5.41) is 4.06. The predicted molar refractivity (Wildman–Crippen MR) is 91.4 cm³/mol. The van der Waals surface area contributed by atoms with Gasteiger partial charge < -0.3 is 19.4 Å². The largest absolute Gasteiger partial charge is 0.467 e. The molecular weight excluding hydrogens is 320 g/mol. The predicted octanol–water partition coefficient (Wildman–Crippen LogP) is 2.29. The maximum Gasteiger partial charge on any atom is 0.261 e. The van der Waals surface area contributed by atoms with Gasteiger partial charge in [0.15, 0.2) is 0 Å². The van der Waals surface area contributed by atoms with E-state index in [9.17, 15) is 0 Å². The summed E-state index contributed by atoms with van der Waals surface area (Å²) in [4.78, 5) is 6.83. The fraction of sp³-hybridized carbons (Fsp3) is 0.333. The Morgan fingerprint density at radius 1 is 1.08 bits per heavy atom. The number of ether oxygens (including phenoxy) is 1. The highest BCUT2D eigenvalue weighted by Gasteiger charge is 2.14. The molecule has 1 saturated heterocycles. The van der Waals surface area contributed by atoms with E-state index >= 15 is 0 Å². The van der Waals surface area contributed by atoms with Gasteiger partial charge in [-0.05, 0) is 11.6 Å². The number of furan rings is 1. The van der Waals surface area contributed by atoms with Crippen molar-refractivity contribution < 1.29 is 13.7 Å². The fourth-order valence-electron chi connectivity index (χ4n) is 2.83. The zero-order valence-corrected chi connectivity index (χ0v) is 13.9. The van der Waals surface area contributed by atoms with Gasteiger partial charge in [-0.3, -0.25) is 4.90 Å². The van der Waals surface area contributed by atoms with Gasteiger partial charge in [-0.2, -0.15) is 4.98 Å². The summed E-state index contributed by atoms with van der Waals surface area (Å²) < 4.78 is 16.0. The molecule has 7 nitrogen and oxygen atoms in total. The smallest absolute Gasteiger partial charge is 0.261 e. The van der Waals surface area contributed by atoms with Crippen LogP contribution < -0.4 is 5.73 Å². The number of hydrogen-bond donors (Lipinski definition) is 1. The molecule has 7 heteroatoms. The van der Waals surface area contributed by atoms with Gasteiger partial charge >= 0.3 is 0 Å². The van der Waals surface area contributed by atoms with Crippen molar-refractivity contribution in [2.24, 2.45) is 5.73 Å². The highest BCUT2D eigenvalue weighted by atomic mass is 16.5. The van der Waals surface area contributed by atoms with Gasteiger partial charge in [-0.15, -0.1) is 0 Å². The van der Waals surface area contributed by atoms with E-state index in [0.717, 1.165) is 44.0 Å². The van der Waals surface area contributed by atoms with Crippen molar-refractivity contribution in [3.05, 3.63) is 47.9 Å². The molecule has 4 rings (SSSR count). The Morgan fingerprint density at radius 2 is 1.88 bits per heavy atom. The van der Waals surface area contributed by atoms with Crippen LogP contribution in [0.3, 0.4) is 0 Å². The molecule has 1 aliphatic heterocycles. The highest BCUT2D eigenvalue weighted by molar-refractivity contribution is 5.59. The van der Waals surface area contributed by atoms with Gasteiger partial charge in [0.05, 0.1) is 25.3 Å². The maximum atomic E-state index is 5.55. The summed E-state index contributed by atoms with van der Waals surface area (Å²) in [5.41, 5.74) is 8.47. The lowest BCUT2D eigenvalue weighted by Gasteiger charge is -2.26. The lowest BCUT2D eigenvalue weighted by molar-refractivity contribution is 0.0342. The first-order valence-corrected chi connectivity index (χ1v) is 8.33. The zero-order chi connectivity index (χ0) is 17.1. The number of benzene rings is 1. The Bertz CT molecular complexity index is 819. The second kappa shape index (κ2) is 7.18. The standard InChI is InChI=1S/C18H20N4O3/c19-10-16-9-15(12-24-16)18-20-17(21-25-18)14-3-1-13(2-4-14)11-22-5-7-23-8-6-22/h1-4,9,12H,5-8,10-11,19H2. The fourth-order valence-corrected chi connectivity index (χ4v) is 2.83. The molecule has 1 aromatic carbocycles. The molecule has 0 aliphatic carbocycles. The molecule has 0 saturated carbocycles. The van der Waals surface area contributed by atoms with Gasteiger partial charge in [-0.1, -0.05) is 29.4 Å². The van der Waals surface area contributed by atoms with Crippen LogP contribution in [0.4, 0.5) is 0 Å². The normalized spacial score (nSPS) is 15.6. The molecule has 1 aliphatic rings. The lowest BCUT2D eigenvalue weighted by atomic mass is 10.1. The highest BCUT2D eigenvalue weighted by Crippen LogP contribution is 2.24. The van der Waals surface area contributed by atoms with Gasteiger partial charge in [0.1, 0.15) is 12.0 Å². The second-order valence-corrected chi connectivity index (χ2v) is 6.01. The average Bonchev–Trinajstić information content (AvgIpc) is 3.32. The molecule has 2 N–H and O–H groups in total. The summed E-state index contributed by atoms with van der Waals surface area (Å²) >= 11 is 0. The van der Waals surface area contributed by atoms with E-state index in [1.165, 1.54) is 5.56 Å². The second-order valence-electron chi connectivity index (χ2n) is 6.01. The van der Waals surface area contributed by atoms with Crippen LogP contribution in [0.5, 0.6) is 0 Å². The van der Waals surface area contributed by atoms with Crippen LogP contribution in [0.15, 0.2) is 45.5 Å². The molecule has 0 bridgehead atoms. The third-order valence-corrected chi connectivity index (χ3v) is 4.25. The monoisotopic (exact) mass is 340 g/mol. The molecule has 0 unspecified atom stereocenters. The first-order chi connectivity index (χ1) is 12.3. The molecule has 0 spiro atoms. The summed E-state index contributed by atoms with van der Waals surface area (Å²) in [6, 6.07) is 10.1. The van der Waals surface area contributed by atoms with Crippen molar-refractivity contribution in [1.29, 1.82) is 0 Å². The van der Waals surface area contributed by atoms with Crippen molar-refractivity contribution in [3.63, 3.8) is 0 Å². The van der Waals surface area contributed by atoms with Gasteiger partial charge in [-0.25, -0.2) is 0 Å². The molecule has 1 fully saturated rings. The van der Waals surface area contributed by atoms with E-state index in [1.54, 1.807) is 6.26 Å². The number of nitrogens with zero attached hydrogens (tertiary/aromatic N) is 3. The Balaban J connectivity index is 1.46. The molecule has 3 heterocycles. The summed E-state index contributed by atoms with van der Waals surface area (Å²) in [7, 11) is 0. The Morgan fingerprint density at radius 3 is 2.60 bits per heavy atom. The summed E-state index contributed by atoms with van der Waals surface area (Å²) in [6.45, 7) is 4.84. The van der Waals surface area contributed by atoms with E-state index in [-0.39, 0.29) is 0 Å². The Hall–Kier alpha value is -2.48. The van der Waals surface area contributed by atoms with Crippen LogP contribution in [0.25, 0.3) is 22.8 Å². The average molecular weight is 340 g/mol. The first-order valence-electron chi connectivity index (χ1n) is 8.33. The zero-order valence-electron chi connectivity index (χ0n) is 13.9. The molecule has 2 aromatic heterocycles. The van der Waals surface area contributed by atoms with Crippen LogP contribution in [-0.2, 0) is 17.8 Å². The third kappa shape index (κ3) is 3.63. The summed E-state index contributed by atoms with van der Waals surface area (Å²) in [5.74, 6) is 1.67. The van der Waals surface area contributed by atoms with Gasteiger partial charge in [0.2, 0.25) is 5.82 Å². The SMILES string of the molecule is NCc1cc(-c2nc(-c3ccc(CN4CCOCC4)cc3)no2)co1. The van der Waals surface area contributed by atoms with E-state index in [0.29, 0.717) is 24.0 Å². The Kier molecular flexibility index (Phi) is 4.60. The van der Waals surface area contributed by atoms with Crippen molar-refractivity contribution >= 4 is 0 Å². The maximum absolute atomic E-state index is 5.55. The summed E-state index contributed by atoms with van der Waals surface area (Å²) in [6.07, 6.45) is 1.57. The minimum atomic E-state index is 0.339. The van der Waals surface area contributed by atoms with Crippen molar-refractivity contribution in [2.45, 2.75) is 13.1 Å². The number of rotatable bonds is 5. The third-order valence-electron chi connectivity index (χ3n) is 4.25. The molecule has 130 valence electrons. The number of nitrogens with two attached hydrogens (primary N) is 1. The number of morpholine rings is 1. The van der Waals surface area contributed by atoms with Gasteiger partial charge in [0.25, 0.3) is 5.89 Å². The van der Waals surface area contributed by atoms with Crippen LogP contribution in [0, 0.1) is 0 Å². The quantitative estimate of drug-likeness (QED) is 0.762. The lowest BCUT2D eigenvalue weighted by Crippen LogP contribution is -2.35. The number of aromatic nitrogens is 2. The van der Waals surface area contributed by atoms with Crippen LogP contribution in [0.1, 0.15) is 11.3 Å². The molecule has 0 radical (unpaired) electrons. The Labute approximate surface area is 145 Å². The van der Waals surface area contributed by atoms with E-state index in [1.807, 2.05) is 18.2 Å². The minimum Gasteiger partial charge on any atom is -0.467 e. The van der Waals surface area contributed by atoms with Crippen molar-refractivity contribution in [3.8, 4) is 22.8 Å². The molecular formula is C18H20N4O3. The van der Waals surface area contributed by atoms with Crippen LogP contribution in [0.2, 0.25) is 0 Å². The van der Waals surface area contributed by atoms with Gasteiger partial charge in [0, 0.05) is 25.2 Å². The molecule has 0 atom stereocenters. The topological polar surface area (TPSA) is 90.5 Å². The molecule has 0 amide bonds. The molecule has 25 heavy (non-hydrogen) atoms. The number of hydrogen-bond acceptors (Lipinski definition) is 7. The van der Waals surface area contributed by atoms with Crippen molar-refractivity contribution in [1.82, 2.24) is 15.0 Å². The minimum absolute atomic E-state index is 0.339. The van der Waals surface area contributed by atoms with Crippen molar-refractivity contribution in [2.75, 3.05) is 26.3 Å². The first kappa shape index (κ1) is 16.0. The van der Waals surface area contributed by atoms with E-state index in [4.69, 9.17) is 19.4 Å². The van der Waals surface area contributed by atoms with Crippen LogP contribution >= 0.6 is 0 Å². The van der Waals surface area contributed by atoms with E-state index < -0.39 is 0 Å². The van der Waals surface area contributed by atoms with E-state index in [2.05, 4.69) is 27.2 Å². The molecule has 3 aromatic rings. The van der Waals surface area contributed by atoms with Crippen LogP contribution in [-0.4, -0.2) is 41.3 Å².